The fraction of sp³-hybridized carbons (Fsp3) is 0.0952. The normalized spacial score (nSPS) is 11.1. The Morgan fingerprint density at radius 1 is 1.00 bits per heavy atom. The molecule has 0 aliphatic rings. The van der Waals surface area contributed by atoms with Gasteiger partial charge in [0.25, 0.3) is 15.9 Å². The summed E-state index contributed by atoms with van der Waals surface area (Å²) in [7, 11) is -4.20. The molecule has 0 aliphatic heterocycles. The molecule has 0 unspecified atom stereocenters. The van der Waals surface area contributed by atoms with E-state index in [0.29, 0.717) is 21.9 Å². The van der Waals surface area contributed by atoms with Gasteiger partial charge in [-0.3, -0.25) is 4.79 Å². The number of sulfonamides is 1. The lowest BCUT2D eigenvalue weighted by Gasteiger charge is -2.23. The van der Waals surface area contributed by atoms with Crippen molar-refractivity contribution in [3.63, 3.8) is 0 Å². The Hall–Kier alpha value is -2.35. The average molecular weight is 495 g/mol. The van der Waals surface area contributed by atoms with E-state index >= 15 is 0 Å². The summed E-state index contributed by atoms with van der Waals surface area (Å²) in [5, 5.41) is 0.397. The molecule has 0 aromatic heterocycles. The highest BCUT2D eigenvalue weighted by atomic mass is 79.9. The van der Waals surface area contributed by atoms with Gasteiger partial charge in [-0.25, -0.2) is 8.42 Å². The van der Waals surface area contributed by atoms with Crippen LogP contribution < -0.4 is 9.04 Å². The first-order valence-electron chi connectivity index (χ1n) is 8.67. The van der Waals surface area contributed by atoms with Crippen molar-refractivity contribution < 1.29 is 17.9 Å². The van der Waals surface area contributed by atoms with Gasteiger partial charge in [0.1, 0.15) is 5.75 Å². The molecule has 0 radical (unpaired) electrons. The van der Waals surface area contributed by atoms with Gasteiger partial charge in [-0.05, 0) is 83.5 Å². The summed E-state index contributed by atoms with van der Waals surface area (Å²) in [4.78, 5) is 13.3. The first-order chi connectivity index (χ1) is 13.8. The molecule has 0 bridgehead atoms. The maximum Gasteiger partial charge on any atom is 0.273 e. The number of benzene rings is 3. The smallest absolute Gasteiger partial charge is 0.273 e. The Morgan fingerprint density at radius 2 is 1.62 bits per heavy atom. The zero-order chi connectivity index (χ0) is 21.0. The summed E-state index contributed by atoms with van der Waals surface area (Å²) in [5.41, 5.74) is 0.420. The van der Waals surface area contributed by atoms with Gasteiger partial charge in [-0.15, -0.1) is 0 Å². The van der Waals surface area contributed by atoms with Crippen LogP contribution in [0.1, 0.15) is 17.3 Å². The van der Waals surface area contributed by atoms with Gasteiger partial charge in [-0.1, -0.05) is 23.7 Å². The number of rotatable bonds is 6. The maximum atomic E-state index is 13.4. The van der Waals surface area contributed by atoms with Crippen LogP contribution in [-0.4, -0.2) is 20.9 Å². The zero-order valence-electron chi connectivity index (χ0n) is 15.4. The lowest BCUT2D eigenvalue weighted by atomic mass is 10.2. The van der Waals surface area contributed by atoms with E-state index in [0.717, 1.165) is 4.31 Å². The number of anilines is 1. The third-order valence-corrected chi connectivity index (χ3v) is 6.69. The summed E-state index contributed by atoms with van der Waals surface area (Å²) < 4.78 is 33.5. The number of hydrogen-bond donors (Lipinski definition) is 0. The minimum absolute atomic E-state index is 0.0452. The quantitative estimate of drug-likeness (QED) is 0.451. The first kappa shape index (κ1) is 21.4. The predicted molar refractivity (Wildman–Crippen MR) is 117 cm³/mol. The molecule has 3 aromatic rings. The molecule has 0 N–H and O–H groups in total. The molecule has 0 saturated carbocycles. The Bertz CT molecular complexity index is 1120. The highest BCUT2D eigenvalue weighted by molar-refractivity contribution is 9.10. The van der Waals surface area contributed by atoms with Gasteiger partial charge >= 0.3 is 0 Å². The molecule has 3 aromatic carbocycles. The number of halogens is 2. The SMILES string of the molecule is CCOc1ccc(N(C(=O)c2ccccc2Br)S(=O)(=O)c2ccc(Cl)cc2)cc1. The molecular weight excluding hydrogens is 478 g/mol. The van der Waals surface area contributed by atoms with Crippen molar-refractivity contribution >= 4 is 49.1 Å². The molecule has 1 amide bonds. The van der Waals surface area contributed by atoms with Crippen LogP contribution in [0, 0.1) is 0 Å². The van der Waals surface area contributed by atoms with Crippen LogP contribution in [0.15, 0.2) is 82.2 Å². The average Bonchev–Trinajstić information content (AvgIpc) is 2.70. The second-order valence-corrected chi connectivity index (χ2v) is 9.01. The first-order valence-corrected chi connectivity index (χ1v) is 11.3. The van der Waals surface area contributed by atoms with Crippen molar-refractivity contribution in [1.29, 1.82) is 0 Å². The number of hydrogen-bond acceptors (Lipinski definition) is 4. The van der Waals surface area contributed by atoms with Crippen molar-refractivity contribution in [3.05, 3.63) is 87.9 Å². The third kappa shape index (κ3) is 4.63. The highest BCUT2D eigenvalue weighted by Gasteiger charge is 2.32. The minimum atomic E-state index is -4.20. The number of ether oxygens (including phenoxy) is 1. The van der Waals surface area contributed by atoms with Crippen molar-refractivity contribution in [2.24, 2.45) is 0 Å². The summed E-state index contributed by atoms with van der Waals surface area (Å²) in [6.45, 7) is 2.32. The second kappa shape index (κ2) is 8.98. The van der Waals surface area contributed by atoms with Crippen molar-refractivity contribution in [1.82, 2.24) is 0 Å². The third-order valence-electron chi connectivity index (χ3n) is 4.02. The van der Waals surface area contributed by atoms with Crippen molar-refractivity contribution in [3.8, 4) is 5.75 Å². The molecule has 150 valence electrons. The monoisotopic (exact) mass is 493 g/mol. The second-order valence-electron chi connectivity index (χ2n) is 5.94. The summed E-state index contributed by atoms with van der Waals surface area (Å²) in [5.74, 6) is -0.106. The van der Waals surface area contributed by atoms with E-state index in [1.54, 1.807) is 36.4 Å². The van der Waals surface area contributed by atoms with E-state index in [1.807, 2.05) is 6.92 Å². The van der Waals surface area contributed by atoms with Crippen LogP contribution in [0.5, 0.6) is 5.75 Å². The molecule has 3 rings (SSSR count). The Balaban J connectivity index is 2.14. The van der Waals surface area contributed by atoms with Gasteiger partial charge in [0.15, 0.2) is 0 Å². The highest BCUT2D eigenvalue weighted by Crippen LogP contribution is 2.30. The van der Waals surface area contributed by atoms with Crippen LogP contribution in [0.3, 0.4) is 0 Å². The Kier molecular flexibility index (Phi) is 6.62. The molecular formula is C21H17BrClNO4S. The predicted octanol–water partition coefficient (Wildman–Crippen LogP) is 5.54. The summed E-state index contributed by atoms with van der Waals surface area (Å²) in [6.07, 6.45) is 0. The number of carbonyl (C=O) groups excluding carboxylic acids is 1. The van der Waals surface area contributed by atoms with E-state index in [1.165, 1.54) is 36.4 Å². The summed E-state index contributed by atoms with van der Waals surface area (Å²) >= 11 is 9.21. The van der Waals surface area contributed by atoms with Gasteiger partial charge in [-0.2, -0.15) is 4.31 Å². The van der Waals surface area contributed by atoms with Gasteiger partial charge in [0.2, 0.25) is 0 Å². The van der Waals surface area contributed by atoms with Gasteiger partial charge in [0, 0.05) is 9.50 Å². The maximum absolute atomic E-state index is 13.4. The van der Waals surface area contributed by atoms with E-state index in [9.17, 15) is 13.2 Å². The van der Waals surface area contributed by atoms with E-state index in [4.69, 9.17) is 16.3 Å². The van der Waals surface area contributed by atoms with E-state index in [-0.39, 0.29) is 16.1 Å². The number of carbonyl (C=O) groups is 1. The van der Waals surface area contributed by atoms with E-state index < -0.39 is 15.9 Å². The van der Waals surface area contributed by atoms with Crippen molar-refractivity contribution in [2.75, 3.05) is 10.9 Å². The fourth-order valence-corrected chi connectivity index (χ4v) is 4.65. The molecule has 0 saturated heterocycles. The molecule has 0 atom stereocenters. The molecule has 5 nitrogen and oxygen atoms in total. The summed E-state index contributed by atoms with van der Waals surface area (Å²) in [6, 6.07) is 18.6. The molecule has 0 fully saturated rings. The molecule has 0 heterocycles. The zero-order valence-corrected chi connectivity index (χ0v) is 18.5. The van der Waals surface area contributed by atoms with E-state index in [2.05, 4.69) is 15.9 Å². The topological polar surface area (TPSA) is 63.7 Å². The lowest BCUT2D eigenvalue weighted by molar-refractivity contribution is 0.100. The van der Waals surface area contributed by atoms with Crippen LogP contribution in [0.4, 0.5) is 5.69 Å². The van der Waals surface area contributed by atoms with Crippen LogP contribution >= 0.6 is 27.5 Å². The number of nitrogens with zero attached hydrogens (tertiary/aromatic N) is 1. The minimum Gasteiger partial charge on any atom is -0.494 e. The van der Waals surface area contributed by atoms with Gasteiger partial charge in [0.05, 0.1) is 22.8 Å². The Morgan fingerprint density at radius 3 is 2.21 bits per heavy atom. The molecule has 8 heteroatoms. The number of amides is 1. The van der Waals surface area contributed by atoms with Crippen LogP contribution in [-0.2, 0) is 10.0 Å². The molecule has 0 spiro atoms. The fourth-order valence-electron chi connectivity index (χ4n) is 2.67. The lowest BCUT2D eigenvalue weighted by Crippen LogP contribution is -2.37. The largest absolute Gasteiger partial charge is 0.494 e. The van der Waals surface area contributed by atoms with Crippen molar-refractivity contribution in [2.45, 2.75) is 11.8 Å². The van der Waals surface area contributed by atoms with Crippen LogP contribution in [0.2, 0.25) is 5.02 Å². The standard InChI is InChI=1S/C21H17BrClNO4S/c1-2-28-17-11-9-16(10-12-17)24(21(25)19-5-3-4-6-20(19)22)29(26,27)18-13-7-15(23)8-14-18/h3-14H,2H2,1H3. The Labute approximate surface area is 183 Å². The molecule has 0 aliphatic carbocycles. The van der Waals surface area contributed by atoms with Crippen LogP contribution in [0.25, 0.3) is 0 Å². The molecule has 29 heavy (non-hydrogen) atoms. The van der Waals surface area contributed by atoms with Gasteiger partial charge < -0.3 is 4.74 Å².